The first kappa shape index (κ1) is 14.8. The SMILES string of the molecule is CN1N[C@@H](c2cccnc2)[C@@H]2C(=O)N(C3CCCCC3)C(=O)[C@@H]21. The number of carbonyl (C=O) groups excluding carboxylic acids is 2. The van der Waals surface area contributed by atoms with Gasteiger partial charge >= 0.3 is 0 Å². The number of pyridine rings is 1. The molecule has 3 aliphatic rings. The minimum absolute atomic E-state index is 0.0161. The number of hydrazine groups is 1. The molecule has 122 valence electrons. The molecule has 1 N–H and O–H groups in total. The second kappa shape index (κ2) is 5.69. The van der Waals surface area contributed by atoms with Crippen LogP contribution in [-0.4, -0.2) is 45.8 Å². The van der Waals surface area contributed by atoms with Gasteiger partial charge in [-0.3, -0.25) is 19.5 Å². The summed E-state index contributed by atoms with van der Waals surface area (Å²) < 4.78 is 0. The van der Waals surface area contributed by atoms with E-state index in [2.05, 4.69) is 10.4 Å². The molecule has 2 aliphatic heterocycles. The van der Waals surface area contributed by atoms with Crippen molar-refractivity contribution < 1.29 is 9.59 Å². The summed E-state index contributed by atoms with van der Waals surface area (Å²) in [6.45, 7) is 0. The minimum Gasteiger partial charge on any atom is -0.278 e. The van der Waals surface area contributed by atoms with Gasteiger partial charge in [-0.2, -0.15) is 0 Å². The van der Waals surface area contributed by atoms with E-state index in [1.807, 2.05) is 24.2 Å². The summed E-state index contributed by atoms with van der Waals surface area (Å²) in [5.41, 5.74) is 4.24. The van der Waals surface area contributed by atoms with E-state index in [-0.39, 0.29) is 29.8 Å². The number of amides is 2. The third kappa shape index (κ3) is 2.28. The quantitative estimate of drug-likeness (QED) is 0.833. The number of imide groups is 1. The zero-order chi connectivity index (χ0) is 16.0. The Morgan fingerprint density at radius 3 is 2.65 bits per heavy atom. The maximum Gasteiger partial charge on any atom is 0.249 e. The molecule has 2 amide bonds. The molecule has 4 rings (SSSR count). The van der Waals surface area contributed by atoms with Crippen molar-refractivity contribution in [1.29, 1.82) is 0 Å². The average Bonchev–Trinajstić information content (AvgIpc) is 3.06. The lowest BCUT2D eigenvalue weighted by molar-refractivity contribution is -0.144. The number of hydrogen-bond donors (Lipinski definition) is 1. The van der Waals surface area contributed by atoms with Crippen LogP contribution in [0.3, 0.4) is 0 Å². The Labute approximate surface area is 135 Å². The average molecular weight is 314 g/mol. The van der Waals surface area contributed by atoms with Gasteiger partial charge in [-0.1, -0.05) is 25.3 Å². The lowest BCUT2D eigenvalue weighted by Gasteiger charge is -2.31. The van der Waals surface area contributed by atoms with Crippen molar-refractivity contribution in [2.45, 2.75) is 50.2 Å². The van der Waals surface area contributed by atoms with Gasteiger partial charge in [0.2, 0.25) is 11.8 Å². The van der Waals surface area contributed by atoms with E-state index >= 15 is 0 Å². The van der Waals surface area contributed by atoms with Crippen molar-refractivity contribution in [1.82, 2.24) is 20.3 Å². The van der Waals surface area contributed by atoms with Crippen LogP contribution in [0.4, 0.5) is 0 Å². The van der Waals surface area contributed by atoms with Gasteiger partial charge in [0.15, 0.2) is 0 Å². The van der Waals surface area contributed by atoms with E-state index in [1.165, 1.54) is 6.42 Å². The molecular weight excluding hydrogens is 292 g/mol. The number of rotatable bonds is 2. The standard InChI is InChI=1S/C17H22N4O2/c1-20-15-13(14(19-20)11-6-5-9-18-10-11)16(22)21(17(15)23)12-7-3-2-4-8-12/h5-6,9-10,12-15,19H,2-4,7-8H2,1H3/t13-,14-,15+/m0/s1. The van der Waals surface area contributed by atoms with Crippen LogP contribution in [0, 0.1) is 5.92 Å². The first-order chi connectivity index (χ1) is 11.2. The van der Waals surface area contributed by atoms with Crippen molar-refractivity contribution >= 4 is 11.8 Å². The number of aromatic nitrogens is 1. The molecule has 0 spiro atoms. The molecule has 1 saturated carbocycles. The second-order valence-electron chi connectivity index (χ2n) is 6.81. The Hall–Kier alpha value is -1.79. The summed E-state index contributed by atoms with van der Waals surface area (Å²) in [6, 6.07) is 3.35. The molecule has 0 unspecified atom stereocenters. The lowest BCUT2D eigenvalue weighted by Crippen LogP contribution is -2.47. The lowest BCUT2D eigenvalue weighted by atomic mass is 9.91. The van der Waals surface area contributed by atoms with Gasteiger partial charge in [-0.05, 0) is 24.5 Å². The summed E-state index contributed by atoms with van der Waals surface area (Å²) in [5.74, 6) is -0.399. The van der Waals surface area contributed by atoms with Crippen LogP contribution in [0.2, 0.25) is 0 Å². The van der Waals surface area contributed by atoms with Crippen LogP contribution in [0.25, 0.3) is 0 Å². The Balaban J connectivity index is 1.65. The molecule has 0 radical (unpaired) electrons. The van der Waals surface area contributed by atoms with Gasteiger partial charge in [0.1, 0.15) is 6.04 Å². The van der Waals surface area contributed by atoms with Crippen LogP contribution < -0.4 is 5.43 Å². The van der Waals surface area contributed by atoms with E-state index in [9.17, 15) is 9.59 Å². The highest BCUT2D eigenvalue weighted by Gasteiger charge is 2.58. The topological polar surface area (TPSA) is 65.5 Å². The van der Waals surface area contributed by atoms with Gasteiger partial charge in [0.05, 0.1) is 12.0 Å². The van der Waals surface area contributed by atoms with E-state index in [0.717, 1.165) is 31.2 Å². The van der Waals surface area contributed by atoms with Gasteiger partial charge in [-0.25, -0.2) is 10.4 Å². The number of nitrogens with one attached hydrogen (secondary N) is 1. The zero-order valence-corrected chi connectivity index (χ0v) is 13.3. The van der Waals surface area contributed by atoms with E-state index < -0.39 is 6.04 Å². The van der Waals surface area contributed by atoms with Gasteiger partial charge < -0.3 is 0 Å². The van der Waals surface area contributed by atoms with Gasteiger partial charge in [0.25, 0.3) is 0 Å². The zero-order valence-electron chi connectivity index (χ0n) is 13.3. The monoisotopic (exact) mass is 314 g/mol. The second-order valence-corrected chi connectivity index (χ2v) is 6.81. The molecule has 3 atom stereocenters. The Morgan fingerprint density at radius 2 is 1.96 bits per heavy atom. The molecule has 3 fully saturated rings. The van der Waals surface area contributed by atoms with Crippen LogP contribution in [0.15, 0.2) is 24.5 Å². The van der Waals surface area contributed by atoms with Crippen LogP contribution in [0.1, 0.15) is 43.7 Å². The summed E-state index contributed by atoms with van der Waals surface area (Å²) >= 11 is 0. The number of hydrogen-bond acceptors (Lipinski definition) is 5. The molecule has 2 saturated heterocycles. The maximum absolute atomic E-state index is 13.0. The van der Waals surface area contributed by atoms with Crippen molar-refractivity contribution in [3.8, 4) is 0 Å². The molecule has 1 aliphatic carbocycles. The smallest absolute Gasteiger partial charge is 0.249 e. The van der Waals surface area contributed by atoms with Crippen LogP contribution in [-0.2, 0) is 9.59 Å². The molecule has 3 heterocycles. The highest BCUT2D eigenvalue weighted by molar-refractivity contribution is 6.08. The largest absolute Gasteiger partial charge is 0.278 e. The van der Waals surface area contributed by atoms with Crippen LogP contribution >= 0.6 is 0 Å². The van der Waals surface area contributed by atoms with E-state index in [4.69, 9.17) is 0 Å². The van der Waals surface area contributed by atoms with Gasteiger partial charge in [-0.15, -0.1) is 0 Å². The number of carbonyl (C=O) groups is 2. The number of nitrogens with zero attached hydrogens (tertiary/aromatic N) is 3. The maximum atomic E-state index is 13.0. The molecule has 23 heavy (non-hydrogen) atoms. The fraction of sp³-hybridized carbons (Fsp3) is 0.588. The number of fused-ring (bicyclic) bond motifs is 1. The Kier molecular flexibility index (Phi) is 3.66. The predicted octanol–water partition coefficient (Wildman–Crippen LogP) is 1.26. The first-order valence-corrected chi connectivity index (χ1v) is 8.44. The molecule has 1 aromatic rings. The summed E-state index contributed by atoms with van der Waals surface area (Å²) in [4.78, 5) is 31.7. The minimum atomic E-state index is -0.394. The summed E-state index contributed by atoms with van der Waals surface area (Å²) in [5, 5.41) is 1.81. The van der Waals surface area contributed by atoms with Crippen molar-refractivity contribution in [3.05, 3.63) is 30.1 Å². The number of likely N-dealkylation sites (tertiary alicyclic amines) is 1. The highest BCUT2D eigenvalue weighted by atomic mass is 16.2. The van der Waals surface area contributed by atoms with Crippen LogP contribution in [0.5, 0.6) is 0 Å². The van der Waals surface area contributed by atoms with E-state index in [0.29, 0.717) is 0 Å². The number of likely N-dealkylation sites (N-methyl/N-ethyl adjacent to an activating group) is 1. The summed E-state index contributed by atoms with van der Waals surface area (Å²) in [7, 11) is 1.85. The van der Waals surface area contributed by atoms with Crippen molar-refractivity contribution in [3.63, 3.8) is 0 Å². The van der Waals surface area contributed by atoms with Gasteiger partial charge in [0, 0.05) is 25.5 Å². The first-order valence-electron chi connectivity index (χ1n) is 8.44. The van der Waals surface area contributed by atoms with Crippen molar-refractivity contribution in [2.75, 3.05) is 7.05 Å². The third-order valence-electron chi connectivity index (χ3n) is 5.46. The molecule has 6 heteroatoms. The molecular formula is C17H22N4O2. The Morgan fingerprint density at radius 1 is 1.17 bits per heavy atom. The van der Waals surface area contributed by atoms with E-state index in [1.54, 1.807) is 17.3 Å². The molecule has 0 aromatic carbocycles. The molecule has 6 nitrogen and oxygen atoms in total. The fourth-order valence-corrected chi connectivity index (χ4v) is 4.35. The normalized spacial score (nSPS) is 32.6. The predicted molar refractivity (Wildman–Crippen MR) is 83.9 cm³/mol. The highest BCUT2D eigenvalue weighted by Crippen LogP contribution is 2.41. The van der Waals surface area contributed by atoms with Crippen molar-refractivity contribution in [2.24, 2.45) is 5.92 Å². The Bertz CT molecular complexity index is 614. The summed E-state index contributed by atoms with van der Waals surface area (Å²) in [6.07, 6.45) is 8.81. The molecule has 1 aromatic heterocycles. The fourth-order valence-electron chi connectivity index (χ4n) is 4.35. The third-order valence-corrected chi connectivity index (χ3v) is 5.46. The molecule has 0 bridgehead atoms.